The van der Waals surface area contributed by atoms with Crippen LogP contribution in [-0.4, -0.2) is 0 Å². The van der Waals surface area contributed by atoms with Gasteiger partial charge in [0.1, 0.15) is 17.5 Å². The van der Waals surface area contributed by atoms with Crippen LogP contribution >= 0.6 is 0 Å². The molecule has 1 unspecified atom stereocenters. The van der Waals surface area contributed by atoms with Crippen molar-refractivity contribution in [2.75, 3.05) is 0 Å². The van der Waals surface area contributed by atoms with Crippen LogP contribution < -0.4 is 5.73 Å². The van der Waals surface area contributed by atoms with Crippen LogP contribution in [-0.2, 0) is 12.0 Å². The van der Waals surface area contributed by atoms with Gasteiger partial charge in [-0.25, -0.2) is 13.2 Å². The Morgan fingerprint density at radius 3 is 2.37 bits per heavy atom. The quantitative estimate of drug-likeness (QED) is 0.902. The average molecular weight is 265 g/mol. The van der Waals surface area contributed by atoms with Crippen LogP contribution in [0.25, 0.3) is 0 Å². The van der Waals surface area contributed by atoms with Crippen molar-refractivity contribution in [3.05, 3.63) is 71.0 Å². The van der Waals surface area contributed by atoms with Crippen LogP contribution in [0.2, 0.25) is 0 Å². The Bertz CT molecular complexity index is 594. The number of benzene rings is 2. The summed E-state index contributed by atoms with van der Waals surface area (Å²) >= 11 is 0. The third-order valence-electron chi connectivity index (χ3n) is 3.05. The molecule has 0 bridgehead atoms. The minimum Gasteiger partial charge on any atom is -0.321 e. The molecule has 4 heteroatoms. The fraction of sp³-hybridized carbons (Fsp3) is 0.200. The fourth-order valence-electron chi connectivity index (χ4n) is 2.09. The second-order valence-corrected chi connectivity index (χ2v) is 4.81. The third kappa shape index (κ3) is 2.96. The van der Waals surface area contributed by atoms with Gasteiger partial charge in [0.15, 0.2) is 0 Å². The average Bonchev–Trinajstić information content (AvgIpc) is 2.34. The van der Waals surface area contributed by atoms with Gasteiger partial charge >= 0.3 is 0 Å². The maximum Gasteiger partial charge on any atom is 0.128 e. The highest BCUT2D eigenvalue weighted by atomic mass is 19.1. The Morgan fingerprint density at radius 2 is 1.68 bits per heavy atom. The summed E-state index contributed by atoms with van der Waals surface area (Å²) in [5.74, 6) is -1.54. The first kappa shape index (κ1) is 13.6. The maximum atomic E-state index is 13.7. The molecule has 0 saturated carbocycles. The predicted octanol–water partition coefficient (Wildman–Crippen LogP) is 3.52. The number of hydrogen-bond donors (Lipinski definition) is 1. The maximum absolute atomic E-state index is 13.7. The Hall–Kier alpha value is -1.81. The number of rotatable bonds is 3. The molecule has 1 nitrogen and oxygen atoms in total. The molecule has 2 aromatic rings. The van der Waals surface area contributed by atoms with Crippen molar-refractivity contribution in [3.63, 3.8) is 0 Å². The topological polar surface area (TPSA) is 26.0 Å². The van der Waals surface area contributed by atoms with Crippen LogP contribution in [0.5, 0.6) is 0 Å². The highest BCUT2D eigenvalue weighted by molar-refractivity contribution is 5.29. The van der Waals surface area contributed by atoms with Gasteiger partial charge in [0.25, 0.3) is 0 Å². The van der Waals surface area contributed by atoms with Gasteiger partial charge < -0.3 is 5.73 Å². The summed E-state index contributed by atoms with van der Waals surface area (Å²) in [5.41, 5.74) is 5.36. The Morgan fingerprint density at radius 1 is 1.00 bits per heavy atom. The number of nitrogens with two attached hydrogens (primary N) is 1. The summed E-state index contributed by atoms with van der Waals surface area (Å²) in [4.78, 5) is 0. The number of hydrogen-bond acceptors (Lipinski definition) is 1. The lowest BCUT2D eigenvalue weighted by atomic mass is 9.86. The lowest BCUT2D eigenvalue weighted by Crippen LogP contribution is -2.36. The van der Waals surface area contributed by atoms with Crippen LogP contribution in [0.1, 0.15) is 18.1 Å². The monoisotopic (exact) mass is 265 g/mol. The van der Waals surface area contributed by atoms with Crippen LogP contribution in [0, 0.1) is 17.5 Å². The van der Waals surface area contributed by atoms with Crippen molar-refractivity contribution in [1.29, 1.82) is 0 Å². The van der Waals surface area contributed by atoms with E-state index in [1.54, 1.807) is 25.1 Å². The van der Waals surface area contributed by atoms with E-state index in [9.17, 15) is 13.2 Å². The van der Waals surface area contributed by atoms with E-state index >= 15 is 0 Å². The molecule has 0 radical (unpaired) electrons. The molecule has 0 aliphatic carbocycles. The van der Waals surface area contributed by atoms with E-state index in [1.807, 2.05) is 0 Å². The Balaban J connectivity index is 2.36. The summed E-state index contributed by atoms with van der Waals surface area (Å²) in [6.07, 6.45) is 0.0114. The second kappa shape index (κ2) is 5.05. The second-order valence-electron chi connectivity index (χ2n) is 4.81. The zero-order valence-electron chi connectivity index (χ0n) is 10.5. The van der Waals surface area contributed by atoms with E-state index in [1.165, 1.54) is 6.07 Å². The van der Waals surface area contributed by atoms with Gasteiger partial charge in [0.05, 0.1) is 0 Å². The minimum absolute atomic E-state index is 0.0114. The van der Waals surface area contributed by atoms with Crippen LogP contribution in [0.3, 0.4) is 0 Å². The predicted molar refractivity (Wildman–Crippen MR) is 68.0 cm³/mol. The van der Waals surface area contributed by atoms with E-state index in [4.69, 9.17) is 5.73 Å². The highest BCUT2D eigenvalue weighted by Gasteiger charge is 2.26. The first-order valence-electron chi connectivity index (χ1n) is 5.88. The molecule has 0 saturated heterocycles. The standard InChI is InChI=1S/C15H14F3N/c1-15(19,12-4-2-3-5-14(12)18)9-10-8-11(16)6-7-13(10)17/h2-8H,9,19H2,1H3. The molecule has 100 valence electrons. The summed E-state index contributed by atoms with van der Waals surface area (Å²) in [7, 11) is 0. The zero-order chi connectivity index (χ0) is 14.0. The molecule has 1 atom stereocenters. The molecule has 0 heterocycles. The molecule has 2 aromatic carbocycles. The molecule has 0 aliphatic rings. The summed E-state index contributed by atoms with van der Waals surface area (Å²) in [6.45, 7) is 1.59. The van der Waals surface area contributed by atoms with Gasteiger partial charge in [0.2, 0.25) is 0 Å². The molecular formula is C15H14F3N. The highest BCUT2D eigenvalue weighted by Crippen LogP contribution is 2.26. The molecule has 0 amide bonds. The molecule has 2 rings (SSSR count). The van der Waals surface area contributed by atoms with Gasteiger partial charge in [-0.15, -0.1) is 0 Å². The van der Waals surface area contributed by atoms with E-state index in [2.05, 4.69) is 0 Å². The van der Waals surface area contributed by atoms with Crippen molar-refractivity contribution in [2.45, 2.75) is 18.9 Å². The largest absolute Gasteiger partial charge is 0.321 e. The summed E-state index contributed by atoms with van der Waals surface area (Å²) in [6, 6.07) is 9.22. The fourth-order valence-corrected chi connectivity index (χ4v) is 2.09. The van der Waals surface area contributed by atoms with E-state index < -0.39 is 23.0 Å². The lowest BCUT2D eigenvalue weighted by Gasteiger charge is -2.26. The molecule has 19 heavy (non-hydrogen) atoms. The van der Waals surface area contributed by atoms with E-state index in [0.717, 1.165) is 18.2 Å². The smallest absolute Gasteiger partial charge is 0.128 e. The molecule has 0 fully saturated rings. The molecule has 0 spiro atoms. The van der Waals surface area contributed by atoms with Crippen molar-refractivity contribution in [3.8, 4) is 0 Å². The lowest BCUT2D eigenvalue weighted by molar-refractivity contribution is 0.445. The van der Waals surface area contributed by atoms with Gasteiger partial charge in [-0.05, 0) is 43.2 Å². The van der Waals surface area contributed by atoms with Crippen molar-refractivity contribution >= 4 is 0 Å². The molecular weight excluding hydrogens is 251 g/mol. The van der Waals surface area contributed by atoms with Crippen LogP contribution in [0.4, 0.5) is 13.2 Å². The first-order valence-corrected chi connectivity index (χ1v) is 5.88. The van der Waals surface area contributed by atoms with Crippen molar-refractivity contribution in [2.24, 2.45) is 5.73 Å². The van der Waals surface area contributed by atoms with Crippen molar-refractivity contribution in [1.82, 2.24) is 0 Å². The Kier molecular flexibility index (Phi) is 3.62. The Labute approximate surface area is 109 Å². The van der Waals surface area contributed by atoms with E-state index in [-0.39, 0.29) is 17.5 Å². The van der Waals surface area contributed by atoms with Crippen molar-refractivity contribution < 1.29 is 13.2 Å². The molecule has 2 N–H and O–H groups in total. The first-order chi connectivity index (χ1) is 8.90. The molecule has 0 aliphatic heterocycles. The van der Waals surface area contributed by atoms with Gasteiger partial charge in [0, 0.05) is 11.1 Å². The summed E-state index contributed by atoms with van der Waals surface area (Å²) < 4.78 is 40.4. The zero-order valence-corrected chi connectivity index (χ0v) is 10.5. The van der Waals surface area contributed by atoms with Gasteiger partial charge in [-0.2, -0.15) is 0 Å². The van der Waals surface area contributed by atoms with Crippen LogP contribution in [0.15, 0.2) is 42.5 Å². The SMILES string of the molecule is CC(N)(Cc1cc(F)ccc1F)c1ccccc1F. The van der Waals surface area contributed by atoms with E-state index in [0.29, 0.717) is 0 Å². The normalized spacial score (nSPS) is 14.2. The van der Waals surface area contributed by atoms with Gasteiger partial charge in [-0.3, -0.25) is 0 Å². The minimum atomic E-state index is -1.11. The van der Waals surface area contributed by atoms with Gasteiger partial charge in [-0.1, -0.05) is 18.2 Å². The third-order valence-corrected chi connectivity index (χ3v) is 3.05. The molecule has 0 aromatic heterocycles. The summed E-state index contributed by atoms with van der Waals surface area (Å²) in [5, 5.41) is 0. The number of halogens is 3.